The Balaban J connectivity index is 1.69. The zero-order valence-corrected chi connectivity index (χ0v) is 15.2. The fraction of sp³-hybridized carbons (Fsp3) is 0.632. The first-order chi connectivity index (χ1) is 12.0. The first kappa shape index (κ1) is 17.9. The van der Waals surface area contributed by atoms with Crippen LogP contribution < -0.4 is 5.32 Å². The number of hydrogen-bond acceptors (Lipinski definition) is 4. The quantitative estimate of drug-likeness (QED) is 0.903. The highest BCUT2D eigenvalue weighted by molar-refractivity contribution is 5.79. The lowest BCUT2D eigenvalue weighted by Crippen LogP contribution is -2.41. The maximum absolute atomic E-state index is 13.0. The third kappa shape index (κ3) is 4.37. The smallest absolute Gasteiger partial charge is 0.226 e. The van der Waals surface area contributed by atoms with Crippen molar-refractivity contribution in [2.45, 2.75) is 45.2 Å². The molecule has 2 aliphatic rings. The number of pyridine rings is 1. The second kappa shape index (κ2) is 7.95. The molecule has 0 aromatic carbocycles. The lowest BCUT2D eigenvalue weighted by atomic mass is 9.95. The molecule has 136 valence electrons. The molecule has 3 rings (SSSR count). The number of likely N-dealkylation sites (tertiary alicyclic amines) is 2. The molecule has 6 heteroatoms. The number of piperidine rings is 1. The molecule has 0 radical (unpaired) electrons. The van der Waals surface area contributed by atoms with E-state index in [0.717, 1.165) is 56.7 Å². The summed E-state index contributed by atoms with van der Waals surface area (Å²) in [6.07, 6.45) is 3.90. The second-order valence-corrected chi connectivity index (χ2v) is 7.23. The van der Waals surface area contributed by atoms with Gasteiger partial charge in [0, 0.05) is 19.4 Å². The molecule has 0 bridgehead atoms. The fourth-order valence-corrected chi connectivity index (χ4v) is 3.83. The number of carbonyl (C=O) groups is 2. The topological polar surface area (TPSA) is 65.5 Å². The number of rotatable bonds is 4. The van der Waals surface area contributed by atoms with Crippen LogP contribution in [0.1, 0.15) is 50.0 Å². The van der Waals surface area contributed by atoms with Crippen molar-refractivity contribution in [3.63, 3.8) is 0 Å². The molecule has 0 spiro atoms. The molecule has 2 amide bonds. The van der Waals surface area contributed by atoms with Gasteiger partial charge in [0.2, 0.25) is 11.8 Å². The minimum Gasteiger partial charge on any atom is -0.351 e. The van der Waals surface area contributed by atoms with Crippen LogP contribution in [0.25, 0.3) is 0 Å². The van der Waals surface area contributed by atoms with Crippen LogP contribution in [0, 0.1) is 5.92 Å². The Bertz CT molecular complexity index is 626. The van der Waals surface area contributed by atoms with Gasteiger partial charge in [0.25, 0.3) is 0 Å². The van der Waals surface area contributed by atoms with Crippen LogP contribution in [-0.2, 0) is 16.1 Å². The van der Waals surface area contributed by atoms with E-state index in [1.165, 1.54) is 6.92 Å². The van der Waals surface area contributed by atoms with E-state index in [9.17, 15) is 9.59 Å². The number of carbonyl (C=O) groups excluding carboxylic acids is 2. The minimum absolute atomic E-state index is 0.0628. The molecule has 0 saturated carbocycles. The zero-order chi connectivity index (χ0) is 17.8. The van der Waals surface area contributed by atoms with E-state index in [0.29, 0.717) is 12.5 Å². The van der Waals surface area contributed by atoms with Gasteiger partial charge >= 0.3 is 0 Å². The largest absolute Gasteiger partial charge is 0.351 e. The highest BCUT2D eigenvalue weighted by Crippen LogP contribution is 2.33. The van der Waals surface area contributed by atoms with E-state index in [-0.39, 0.29) is 17.9 Å². The van der Waals surface area contributed by atoms with Crippen LogP contribution in [0.4, 0.5) is 0 Å². The molecule has 2 fully saturated rings. The molecule has 3 heterocycles. The molecular weight excluding hydrogens is 316 g/mol. The summed E-state index contributed by atoms with van der Waals surface area (Å²) >= 11 is 0. The first-order valence-corrected chi connectivity index (χ1v) is 9.24. The summed E-state index contributed by atoms with van der Waals surface area (Å²) in [6, 6.07) is 5.96. The summed E-state index contributed by atoms with van der Waals surface area (Å²) in [5, 5.41) is 2.78. The van der Waals surface area contributed by atoms with Crippen LogP contribution in [0.15, 0.2) is 18.2 Å². The van der Waals surface area contributed by atoms with E-state index in [2.05, 4.69) is 17.3 Å². The summed E-state index contributed by atoms with van der Waals surface area (Å²) < 4.78 is 0. The number of nitrogens with zero attached hydrogens (tertiary/aromatic N) is 3. The van der Waals surface area contributed by atoms with Crippen molar-refractivity contribution in [2.75, 3.05) is 26.7 Å². The van der Waals surface area contributed by atoms with Crippen LogP contribution in [0.3, 0.4) is 0 Å². The summed E-state index contributed by atoms with van der Waals surface area (Å²) in [5.74, 6) is 0.385. The van der Waals surface area contributed by atoms with Crippen molar-refractivity contribution in [3.05, 3.63) is 29.6 Å². The molecule has 6 nitrogen and oxygen atoms in total. The molecule has 1 unspecified atom stereocenters. The Hall–Kier alpha value is -1.95. The van der Waals surface area contributed by atoms with Crippen molar-refractivity contribution >= 4 is 11.8 Å². The Kier molecular flexibility index (Phi) is 5.68. The van der Waals surface area contributed by atoms with E-state index >= 15 is 0 Å². The SMILES string of the molecule is CC(=O)NCc1cccc(C2CCCN2C(=O)C2CCN(C)CC2)n1. The van der Waals surface area contributed by atoms with Crippen LogP contribution >= 0.6 is 0 Å². The highest BCUT2D eigenvalue weighted by Gasteiger charge is 2.35. The first-order valence-electron chi connectivity index (χ1n) is 9.24. The van der Waals surface area contributed by atoms with Crippen molar-refractivity contribution in [2.24, 2.45) is 5.92 Å². The van der Waals surface area contributed by atoms with Gasteiger partial charge in [0.1, 0.15) is 0 Å². The van der Waals surface area contributed by atoms with Gasteiger partial charge in [0.15, 0.2) is 0 Å². The van der Waals surface area contributed by atoms with Gasteiger partial charge in [-0.3, -0.25) is 14.6 Å². The number of hydrogen-bond donors (Lipinski definition) is 1. The van der Waals surface area contributed by atoms with Crippen molar-refractivity contribution in [1.29, 1.82) is 0 Å². The fourth-order valence-electron chi connectivity index (χ4n) is 3.83. The number of amides is 2. The number of aromatic nitrogens is 1. The van der Waals surface area contributed by atoms with Crippen molar-refractivity contribution in [1.82, 2.24) is 20.1 Å². The summed E-state index contributed by atoms with van der Waals surface area (Å²) in [4.78, 5) is 33.1. The van der Waals surface area contributed by atoms with E-state index in [1.54, 1.807) is 0 Å². The van der Waals surface area contributed by atoms with Crippen LogP contribution in [0.2, 0.25) is 0 Å². The molecule has 1 aromatic heterocycles. The maximum Gasteiger partial charge on any atom is 0.226 e. The van der Waals surface area contributed by atoms with Crippen molar-refractivity contribution in [3.8, 4) is 0 Å². The molecule has 0 aliphatic carbocycles. The predicted octanol–water partition coefficient (Wildman–Crippen LogP) is 1.72. The van der Waals surface area contributed by atoms with Crippen molar-refractivity contribution < 1.29 is 9.59 Å². The van der Waals surface area contributed by atoms with E-state index < -0.39 is 0 Å². The molecule has 1 atom stereocenters. The van der Waals surface area contributed by atoms with Crippen LogP contribution in [-0.4, -0.2) is 53.3 Å². The lowest BCUT2D eigenvalue weighted by Gasteiger charge is -2.33. The second-order valence-electron chi connectivity index (χ2n) is 7.23. The average molecular weight is 344 g/mol. The average Bonchev–Trinajstić information content (AvgIpc) is 3.10. The summed E-state index contributed by atoms with van der Waals surface area (Å²) in [7, 11) is 2.11. The maximum atomic E-state index is 13.0. The molecule has 2 aliphatic heterocycles. The van der Waals surface area contributed by atoms with Crippen LogP contribution in [0.5, 0.6) is 0 Å². The van der Waals surface area contributed by atoms with E-state index in [4.69, 9.17) is 4.98 Å². The Morgan fingerprint density at radius 2 is 1.96 bits per heavy atom. The molecule has 1 aromatic rings. The molecule has 2 saturated heterocycles. The predicted molar refractivity (Wildman–Crippen MR) is 95.7 cm³/mol. The summed E-state index contributed by atoms with van der Waals surface area (Å²) in [5.41, 5.74) is 1.79. The molecule has 25 heavy (non-hydrogen) atoms. The van der Waals surface area contributed by atoms with Gasteiger partial charge in [-0.2, -0.15) is 0 Å². The van der Waals surface area contributed by atoms with Gasteiger partial charge in [-0.05, 0) is 58.0 Å². The lowest BCUT2D eigenvalue weighted by molar-refractivity contribution is -0.138. The summed E-state index contributed by atoms with van der Waals surface area (Å²) in [6.45, 7) is 4.76. The Morgan fingerprint density at radius 1 is 1.20 bits per heavy atom. The standard InChI is InChI=1S/C19H28N4O2/c1-14(24)20-13-16-5-3-6-17(21-16)18-7-4-10-23(18)19(25)15-8-11-22(2)12-9-15/h3,5-6,15,18H,4,7-13H2,1-2H3,(H,20,24). The van der Waals surface area contributed by atoms with Gasteiger partial charge in [-0.25, -0.2) is 0 Å². The van der Waals surface area contributed by atoms with Gasteiger partial charge < -0.3 is 15.1 Å². The monoisotopic (exact) mass is 344 g/mol. The van der Waals surface area contributed by atoms with Gasteiger partial charge in [0.05, 0.1) is 24.0 Å². The van der Waals surface area contributed by atoms with E-state index in [1.807, 2.05) is 23.1 Å². The third-order valence-electron chi connectivity index (χ3n) is 5.29. The van der Waals surface area contributed by atoms with Gasteiger partial charge in [-0.15, -0.1) is 0 Å². The zero-order valence-electron chi connectivity index (χ0n) is 15.2. The Morgan fingerprint density at radius 3 is 2.68 bits per heavy atom. The third-order valence-corrected chi connectivity index (χ3v) is 5.29. The minimum atomic E-state index is -0.0628. The van der Waals surface area contributed by atoms with Gasteiger partial charge in [-0.1, -0.05) is 6.07 Å². The molecular formula is C19H28N4O2. The number of nitrogens with one attached hydrogen (secondary N) is 1. The normalized spacial score (nSPS) is 22.2. The Labute approximate surface area is 149 Å². The molecule has 1 N–H and O–H groups in total. The highest BCUT2D eigenvalue weighted by atomic mass is 16.2.